The quantitative estimate of drug-likeness (QED) is 0.318. The van der Waals surface area contributed by atoms with Crippen molar-refractivity contribution in [3.05, 3.63) is 112 Å². The van der Waals surface area contributed by atoms with Crippen LogP contribution in [0.2, 0.25) is 5.02 Å². The Kier molecular flexibility index (Phi) is 5.13. The second-order valence-electron chi connectivity index (χ2n) is 9.34. The number of halogens is 1. The first-order valence-electron chi connectivity index (χ1n) is 12.3. The fourth-order valence-corrected chi connectivity index (χ4v) is 5.63. The lowest BCUT2D eigenvalue weighted by atomic mass is 9.77. The lowest BCUT2D eigenvalue weighted by Gasteiger charge is -2.36. The summed E-state index contributed by atoms with van der Waals surface area (Å²) in [5, 5.41) is 4.02. The van der Waals surface area contributed by atoms with E-state index in [0.29, 0.717) is 22.1 Å². The topological polar surface area (TPSA) is 60.0 Å². The summed E-state index contributed by atoms with van der Waals surface area (Å²) in [6.07, 6.45) is 0. The number of carbonyl (C=O) groups excluding carboxylic acids is 1. The van der Waals surface area contributed by atoms with Crippen LogP contribution in [0.5, 0.6) is 11.5 Å². The number of hydrogen-bond acceptors (Lipinski definition) is 6. The fraction of sp³-hybridized carbons (Fsp3) is 0.167. The first kappa shape index (κ1) is 22.2. The number of rotatable bonds is 3. The van der Waals surface area contributed by atoms with Crippen LogP contribution >= 0.6 is 11.6 Å². The maximum absolute atomic E-state index is 13.0. The summed E-state index contributed by atoms with van der Waals surface area (Å²) in [6.45, 7) is 3.31. The molecule has 3 heterocycles. The van der Waals surface area contributed by atoms with Crippen molar-refractivity contribution in [2.75, 3.05) is 36.5 Å². The van der Waals surface area contributed by atoms with Gasteiger partial charge in [0, 0.05) is 57.9 Å². The van der Waals surface area contributed by atoms with Crippen molar-refractivity contribution >= 4 is 34.6 Å². The minimum absolute atomic E-state index is 0.355. The molecule has 4 aromatic rings. The lowest BCUT2D eigenvalue weighted by Crippen LogP contribution is -2.36. The molecule has 1 saturated heterocycles. The number of nitrogens with zero attached hydrogens (tertiary/aromatic N) is 1. The van der Waals surface area contributed by atoms with Gasteiger partial charge >= 0.3 is 5.97 Å². The molecule has 0 amide bonds. The van der Waals surface area contributed by atoms with Gasteiger partial charge in [-0.1, -0.05) is 29.8 Å². The molecule has 7 rings (SSSR count). The number of anilines is 3. The molecule has 0 radical (unpaired) electrons. The van der Waals surface area contributed by atoms with Gasteiger partial charge in [0.25, 0.3) is 0 Å². The Morgan fingerprint density at radius 3 is 2.30 bits per heavy atom. The molecule has 6 nitrogen and oxygen atoms in total. The van der Waals surface area contributed by atoms with Gasteiger partial charge in [0.15, 0.2) is 5.60 Å². The van der Waals surface area contributed by atoms with E-state index in [9.17, 15) is 4.79 Å². The summed E-state index contributed by atoms with van der Waals surface area (Å²) in [7, 11) is 0. The average Bonchev–Trinajstić information content (AvgIpc) is 3.22. The minimum atomic E-state index is -1.10. The van der Waals surface area contributed by atoms with E-state index in [1.54, 1.807) is 18.2 Å². The number of ether oxygens (including phenoxy) is 3. The van der Waals surface area contributed by atoms with Gasteiger partial charge in [0.1, 0.15) is 11.5 Å². The lowest BCUT2D eigenvalue weighted by molar-refractivity contribution is 0.0224. The van der Waals surface area contributed by atoms with Gasteiger partial charge in [-0.2, -0.15) is 0 Å². The van der Waals surface area contributed by atoms with Crippen LogP contribution < -0.4 is 15.0 Å². The highest BCUT2D eigenvalue weighted by molar-refractivity contribution is 6.30. The Balaban J connectivity index is 1.27. The zero-order chi connectivity index (χ0) is 25.0. The van der Waals surface area contributed by atoms with Crippen molar-refractivity contribution in [3.8, 4) is 11.5 Å². The van der Waals surface area contributed by atoms with Crippen molar-refractivity contribution in [1.29, 1.82) is 0 Å². The highest BCUT2D eigenvalue weighted by atomic mass is 35.5. The molecule has 3 aliphatic heterocycles. The van der Waals surface area contributed by atoms with E-state index in [2.05, 4.69) is 34.5 Å². The van der Waals surface area contributed by atoms with E-state index in [1.165, 1.54) is 5.69 Å². The summed E-state index contributed by atoms with van der Waals surface area (Å²) in [6, 6.07) is 27.2. The molecular formula is C30H23ClN2O4. The maximum atomic E-state index is 13.0. The van der Waals surface area contributed by atoms with Crippen LogP contribution in [0, 0.1) is 0 Å². The summed E-state index contributed by atoms with van der Waals surface area (Å²) < 4.78 is 18.0. The van der Waals surface area contributed by atoms with Crippen LogP contribution in [0.3, 0.4) is 0 Å². The van der Waals surface area contributed by atoms with E-state index < -0.39 is 5.60 Å². The van der Waals surface area contributed by atoms with Crippen LogP contribution in [-0.4, -0.2) is 32.3 Å². The average molecular weight is 511 g/mol. The van der Waals surface area contributed by atoms with Crippen molar-refractivity contribution in [2.24, 2.45) is 0 Å². The van der Waals surface area contributed by atoms with Crippen molar-refractivity contribution in [3.63, 3.8) is 0 Å². The smallest absolute Gasteiger partial charge is 0.340 e. The molecule has 1 N–H and O–H groups in total. The largest absolute Gasteiger partial charge is 0.456 e. The number of morpholine rings is 1. The van der Waals surface area contributed by atoms with Gasteiger partial charge in [0.2, 0.25) is 0 Å². The normalized spacial score (nSPS) is 19.5. The van der Waals surface area contributed by atoms with Crippen molar-refractivity contribution in [1.82, 2.24) is 0 Å². The first-order valence-corrected chi connectivity index (χ1v) is 12.6. The zero-order valence-electron chi connectivity index (χ0n) is 19.9. The van der Waals surface area contributed by atoms with Gasteiger partial charge in [-0.05, 0) is 60.7 Å². The Hall–Kier alpha value is -4.00. The third-order valence-corrected chi connectivity index (χ3v) is 7.44. The minimum Gasteiger partial charge on any atom is -0.456 e. The number of benzene rings is 4. The molecule has 3 aliphatic rings. The zero-order valence-corrected chi connectivity index (χ0v) is 20.6. The Labute approximate surface area is 219 Å². The maximum Gasteiger partial charge on any atom is 0.340 e. The van der Waals surface area contributed by atoms with Crippen molar-refractivity contribution < 1.29 is 19.0 Å². The van der Waals surface area contributed by atoms with Crippen LogP contribution in [-0.2, 0) is 15.1 Å². The number of fused-ring (bicyclic) bond motifs is 6. The highest BCUT2D eigenvalue weighted by Crippen LogP contribution is 2.56. The van der Waals surface area contributed by atoms with E-state index in [1.807, 2.05) is 42.5 Å². The molecule has 4 aromatic carbocycles. The third kappa shape index (κ3) is 3.56. The van der Waals surface area contributed by atoms with Gasteiger partial charge in [-0.25, -0.2) is 4.79 Å². The van der Waals surface area contributed by atoms with E-state index >= 15 is 0 Å². The summed E-state index contributed by atoms with van der Waals surface area (Å²) in [4.78, 5) is 15.3. The Bertz CT molecular complexity index is 1530. The fourth-order valence-electron chi connectivity index (χ4n) is 5.47. The number of hydrogen-bond donors (Lipinski definition) is 1. The van der Waals surface area contributed by atoms with Gasteiger partial charge in [-0.15, -0.1) is 0 Å². The standard InChI is InChI=1S/C30H23ClN2O4/c31-19-5-11-25-27(17-19)36-28-18-21(32-20-6-9-22(10-7-20)33-13-15-35-16-14-33)8-12-26(28)30(25)24-4-2-1-3-23(24)29(34)37-30/h1-12,17-18,32H,13-16H2. The molecule has 1 unspecified atom stereocenters. The number of carbonyl (C=O) groups is 1. The van der Waals surface area contributed by atoms with Gasteiger partial charge < -0.3 is 24.4 Å². The predicted octanol–water partition coefficient (Wildman–Crippen LogP) is 6.49. The summed E-state index contributed by atoms with van der Waals surface area (Å²) in [5.41, 5.74) is 4.78. The number of esters is 1. The summed E-state index contributed by atoms with van der Waals surface area (Å²) >= 11 is 6.32. The Morgan fingerprint density at radius 2 is 1.49 bits per heavy atom. The monoisotopic (exact) mass is 510 g/mol. The van der Waals surface area contributed by atoms with E-state index in [-0.39, 0.29) is 5.97 Å². The van der Waals surface area contributed by atoms with Gasteiger partial charge in [-0.3, -0.25) is 0 Å². The van der Waals surface area contributed by atoms with Crippen LogP contribution in [0.15, 0.2) is 84.9 Å². The Morgan fingerprint density at radius 1 is 0.784 bits per heavy atom. The number of nitrogens with one attached hydrogen (secondary N) is 1. The predicted molar refractivity (Wildman–Crippen MR) is 142 cm³/mol. The van der Waals surface area contributed by atoms with E-state index in [0.717, 1.165) is 54.4 Å². The van der Waals surface area contributed by atoms with Crippen LogP contribution in [0.4, 0.5) is 17.1 Å². The second-order valence-corrected chi connectivity index (χ2v) is 9.78. The molecule has 1 atom stereocenters. The molecule has 0 aliphatic carbocycles. The SMILES string of the molecule is O=C1OC2(c3ccc(Cl)cc3Oc3cc(Nc4ccc(N5CCOCC5)cc4)ccc32)c2ccccc21. The molecular weight excluding hydrogens is 488 g/mol. The van der Waals surface area contributed by atoms with Gasteiger partial charge in [0.05, 0.1) is 18.8 Å². The molecule has 0 aromatic heterocycles. The molecule has 1 spiro atoms. The molecule has 184 valence electrons. The molecule has 0 bridgehead atoms. The molecule has 0 saturated carbocycles. The van der Waals surface area contributed by atoms with E-state index in [4.69, 9.17) is 25.8 Å². The molecule has 1 fully saturated rings. The van der Waals surface area contributed by atoms with Crippen molar-refractivity contribution in [2.45, 2.75) is 5.60 Å². The first-order chi connectivity index (χ1) is 18.1. The second kappa shape index (κ2) is 8.54. The summed E-state index contributed by atoms with van der Waals surface area (Å²) in [5.74, 6) is 0.817. The van der Waals surface area contributed by atoms with Crippen LogP contribution in [0.1, 0.15) is 27.0 Å². The third-order valence-electron chi connectivity index (χ3n) is 7.21. The van der Waals surface area contributed by atoms with Crippen LogP contribution in [0.25, 0.3) is 0 Å². The molecule has 37 heavy (non-hydrogen) atoms. The highest BCUT2D eigenvalue weighted by Gasteiger charge is 2.53. The molecule has 7 heteroatoms.